The minimum absolute atomic E-state index is 0.0263. The third kappa shape index (κ3) is 4.01. The van der Waals surface area contributed by atoms with Crippen molar-refractivity contribution in [3.8, 4) is 11.1 Å². The first kappa shape index (κ1) is 23.3. The van der Waals surface area contributed by atoms with E-state index in [1.807, 2.05) is 48.5 Å². The average molecular weight is 531 g/mol. The van der Waals surface area contributed by atoms with Gasteiger partial charge in [0, 0.05) is 36.3 Å². The van der Waals surface area contributed by atoms with Crippen molar-refractivity contribution in [2.45, 2.75) is 12.1 Å². The highest BCUT2D eigenvalue weighted by Crippen LogP contribution is 2.34. The Labute approximate surface area is 209 Å². The lowest BCUT2D eigenvalue weighted by Crippen LogP contribution is -2.57. The van der Waals surface area contributed by atoms with E-state index in [-0.39, 0.29) is 59.0 Å². The van der Waals surface area contributed by atoms with Gasteiger partial charge >= 0.3 is 12.1 Å². The van der Waals surface area contributed by atoms with Crippen LogP contribution in [-0.4, -0.2) is 77.1 Å². The van der Waals surface area contributed by atoms with Crippen molar-refractivity contribution >= 4 is 43.1 Å². The summed E-state index contributed by atoms with van der Waals surface area (Å²) in [6, 6.07) is 13.4. The van der Waals surface area contributed by atoms with E-state index in [2.05, 4.69) is 10.6 Å². The van der Waals surface area contributed by atoms with Crippen molar-refractivity contribution in [3.05, 3.63) is 48.5 Å². The van der Waals surface area contributed by atoms with E-state index in [9.17, 15) is 26.4 Å². The SMILES string of the molecule is O=C1NC[C@@H]2CS(=O)(=O)C[C@@H]2N1c1ccc(-c2ccc(N3C(=O)NC[C@@H]4CS(=O)(=O)C[C@@H]43)cc2)cc1. The van der Waals surface area contributed by atoms with E-state index < -0.39 is 19.7 Å². The van der Waals surface area contributed by atoms with E-state index in [0.29, 0.717) is 24.5 Å². The van der Waals surface area contributed by atoms with Crippen molar-refractivity contribution in [1.82, 2.24) is 10.6 Å². The molecule has 0 aliphatic carbocycles. The molecule has 4 heterocycles. The molecule has 4 fully saturated rings. The zero-order chi connectivity index (χ0) is 25.2. The highest BCUT2D eigenvalue weighted by molar-refractivity contribution is 7.92. The van der Waals surface area contributed by atoms with Gasteiger partial charge in [-0.25, -0.2) is 26.4 Å². The molecule has 0 radical (unpaired) electrons. The van der Waals surface area contributed by atoms with E-state index in [1.54, 1.807) is 9.80 Å². The number of hydrogen-bond acceptors (Lipinski definition) is 6. The number of benzene rings is 2. The maximum atomic E-state index is 12.6. The van der Waals surface area contributed by atoms with E-state index in [1.165, 1.54) is 0 Å². The normalized spacial score (nSPS) is 30.3. The lowest BCUT2D eigenvalue weighted by Gasteiger charge is -2.37. The van der Waals surface area contributed by atoms with Gasteiger partial charge in [0.15, 0.2) is 19.7 Å². The van der Waals surface area contributed by atoms with Crippen molar-refractivity contribution in [3.63, 3.8) is 0 Å². The average Bonchev–Trinajstić information content (AvgIpc) is 3.32. The molecule has 10 nitrogen and oxygen atoms in total. The molecule has 0 unspecified atom stereocenters. The van der Waals surface area contributed by atoms with Crippen LogP contribution < -0.4 is 20.4 Å². The molecular formula is C24H26N4O6S2. The Morgan fingerprint density at radius 1 is 0.583 bits per heavy atom. The topological polar surface area (TPSA) is 133 Å². The summed E-state index contributed by atoms with van der Waals surface area (Å²) >= 11 is 0. The Morgan fingerprint density at radius 2 is 0.944 bits per heavy atom. The van der Waals surface area contributed by atoms with Crippen LogP contribution in [0.3, 0.4) is 0 Å². The molecule has 4 aliphatic rings. The first-order chi connectivity index (χ1) is 17.1. The van der Waals surface area contributed by atoms with E-state index >= 15 is 0 Å². The number of fused-ring (bicyclic) bond motifs is 2. The molecule has 4 amide bonds. The zero-order valence-electron chi connectivity index (χ0n) is 19.3. The zero-order valence-corrected chi connectivity index (χ0v) is 21.0. The molecule has 0 aromatic heterocycles. The summed E-state index contributed by atoms with van der Waals surface area (Å²) < 4.78 is 48.6. The molecule has 0 bridgehead atoms. The number of rotatable bonds is 3. The second-order valence-corrected chi connectivity index (χ2v) is 14.3. The molecule has 4 atom stereocenters. The van der Waals surface area contributed by atoms with Gasteiger partial charge in [0.05, 0.1) is 35.1 Å². The van der Waals surface area contributed by atoms with Gasteiger partial charge in [-0.05, 0) is 35.4 Å². The van der Waals surface area contributed by atoms with Crippen LogP contribution in [-0.2, 0) is 19.7 Å². The maximum absolute atomic E-state index is 12.6. The monoisotopic (exact) mass is 530 g/mol. The van der Waals surface area contributed by atoms with Crippen LogP contribution in [0.25, 0.3) is 11.1 Å². The standard InChI is InChI=1S/C24H26N4O6S2/c29-23-25-9-17-11-35(31,32)13-21(17)27(23)19-5-1-15(2-6-19)16-3-7-20(8-4-16)28-22-14-36(33,34)12-18(22)10-26-24(28)30/h1-8,17-18,21-22H,9-14H2,(H,25,29)(H,26,30)/t17-,18-,21+,22+/m1/s1. The van der Waals surface area contributed by atoms with Gasteiger partial charge in [-0.2, -0.15) is 0 Å². The molecular weight excluding hydrogens is 504 g/mol. The minimum atomic E-state index is -3.17. The second-order valence-electron chi connectivity index (χ2n) is 10.0. The number of nitrogens with zero attached hydrogens (tertiary/aromatic N) is 2. The molecule has 0 spiro atoms. The fourth-order valence-corrected chi connectivity index (χ4v) is 10.1. The summed E-state index contributed by atoms with van der Waals surface area (Å²) in [5.74, 6) is -0.130. The van der Waals surface area contributed by atoms with Gasteiger partial charge in [-0.3, -0.25) is 9.80 Å². The van der Waals surface area contributed by atoms with Crippen molar-refractivity contribution in [1.29, 1.82) is 0 Å². The molecule has 0 saturated carbocycles. The minimum Gasteiger partial charge on any atom is -0.337 e. The number of anilines is 2. The third-order valence-corrected chi connectivity index (χ3v) is 11.2. The number of amides is 4. The number of hydrogen-bond donors (Lipinski definition) is 2. The first-order valence-electron chi connectivity index (χ1n) is 11.9. The van der Waals surface area contributed by atoms with E-state index in [4.69, 9.17) is 0 Å². The first-order valence-corrected chi connectivity index (χ1v) is 15.5. The fourth-order valence-electron chi connectivity index (χ4n) is 5.92. The quantitative estimate of drug-likeness (QED) is 0.614. The van der Waals surface area contributed by atoms with Gasteiger partial charge in [0.25, 0.3) is 0 Å². The Balaban J connectivity index is 1.23. The van der Waals surface area contributed by atoms with Crippen LogP contribution in [0.4, 0.5) is 21.0 Å². The number of nitrogens with one attached hydrogen (secondary N) is 2. The van der Waals surface area contributed by atoms with Crippen LogP contribution in [0.2, 0.25) is 0 Å². The van der Waals surface area contributed by atoms with Crippen LogP contribution in [0, 0.1) is 11.8 Å². The predicted molar refractivity (Wildman–Crippen MR) is 135 cm³/mol. The van der Waals surface area contributed by atoms with Gasteiger partial charge < -0.3 is 10.6 Å². The maximum Gasteiger partial charge on any atom is 0.322 e. The smallest absolute Gasteiger partial charge is 0.322 e. The summed E-state index contributed by atoms with van der Waals surface area (Å²) in [4.78, 5) is 28.3. The molecule has 6 rings (SSSR count). The Kier molecular flexibility index (Phi) is 5.31. The summed E-state index contributed by atoms with van der Waals surface area (Å²) in [6.07, 6.45) is 0. The summed E-state index contributed by atoms with van der Waals surface area (Å²) in [5.41, 5.74) is 3.06. The highest BCUT2D eigenvalue weighted by Gasteiger charge is 2.47. The summed E-state index contributed by atoms with van der Waals surface area (Å²) in [5, 5.41) is 5.59. The van der Waals surface area contributed by atoms with Crippen LogP contribution in [0.1, 0.15) is 0 Å². The lowest BCUT2D eigenvalue weighted by atomic mass is 9.98. The number of sulfone groups is 2. The predicted octanol–water partition coefficient (Wildman–Crippen LogP) is 1.24. The van der Waals surface area contributed by atoms with Crippen LogP contribution in [0.5, 0.6) is 0 Å². The second kappa shape index (κ2) is 8.20. The molecule has 190 valence electrons. The van der Waals surface area contributed by atoms with Gasteiger partial charge in [-0.1, -0.05) is 24.3 Å². The van der Waals surface area contributed by atoms with Gasteiger partial charge in [0.2, 0.25) is 0 Å². The molecule has 12 heteroatoms. The third-order valence-electron chi connectivity index (χ3n) is 7.63. The largest absolute Gasteiger partial charge is 0.337 e. The van der Waals surface area contributed by atoms with Crippen molar-refractivity contribution in [2.75, 3.05) is 45.9 Å². The Morgan fingerprint density at radius 3 is 1.31 bits per heavy atom. The Bertz CT molecular complexity index is 1330. The van der Waals surface area contributed by atoms with Crippen molar-refractivity contribution in [2.24, 2.45) is 11.8 Å². The van der Waals surface area contributed by atoms with Crippen LogP contribution >= 0.6 is 0 Å². The van der Waals surface area contributed by atoms with Gasteiger partial charge in [-0.15, -0.1) is 0 Å². The molecule has 36 heavy (non-hydrogen) atoms. The molecule has 4 aliphatic heterocycles. The molecule has 2 aromatic rings. The molecule has 4 saturated heterocycles. The van der Waals surface area contributed by atoms with Crippen molar-refractivity contribution < 1.29 is 26.4 Å². The molecule has 2 N–H and O–H groups in total. The summed E-state index contributed by atoms with van der Waals surface area (Å²) in [7, 11) is -6.35. The van der Waals surface area contributed by atoms with Crippen LogP contribution in [0.15, 0.2) is 48.5 Å². The molecule has 2 aromatic carbocycles. The van der Waals surface area contributed by atoms with E-state index in [0.717, 1.165) is 11.1 Å². The fraction of sp³-hybridized carbons (Fsp3) is 0.417. The summed E-state index contributed by atoms with van der Waals surface area (Å²) in [6.45, 7) is 0.735. The lowest BCUT2D eigenvalue weighted by molar-refractivity contribution is 0.232. The van der Waals surface area contributed by atoms with Gasteiger partial charge in [0.1, 0.15) is 0 Å². The number of urea groups is 2. The highest BCUT2D eigenvalue weighted by atomic mass is 32.2. The Hall–Kier alpha value is -3.12. The number of carbonyl (C=O) groups is 2. The number of carbonyl (C=O) groups excluding carboxylic acids is 2.